The van der Waals surface area contributed by atoms with Gasteiger partial charge in [-0.2, -0.15) is 0 Å². The van der Waals surface area contributed by atoms with E-state index in [-0.39, 0.29) is 0 Å². The fraction of sp³-hybridized carbons (Fsp3) is 0.600. The molecule has 102 valence electrons. The van der Waals surface area contributed by atoms with E-state index >= 15 is 0 Å². The van der Waals surface area contributed by atoms with Crippen molar-refractivity contribution in [3.63, 3.8) is 0 Å². The highest BCUT2D eigenvalue weighted by Crippen LogP contribution is 2.28. The zero-order valence-corrected chi connectivity index (χ0v) is 12.3. The van der Waals surface area contributed by atoms with Crippen LogP contribution in [0.2, 0.25) is 5.02 Å². The summed E-state index contributed by atoms with van der Waals surface area (Å²) in [6.45, 7) is 7.21. The van der Waals surface area contributed by atoms with Gasteiger partial charge in [-0.3, -0.25) is 0 Å². The summed E-state index contributed by atoms with van der Waals surface area (Å²) >= 11 is 6.09. The summed E-state index contributed by atoms with van der Waals surface area (Å²) in [6, 6.07) is 8.19. The third kappa shape index (κ3) is 4.97. The van der Waals surface area contributed by atoms with Crippen molar-refractivity contribution in [2.75, 3.05) is 26.8 Å². The molecule has 1 aromatic rings. The third-order valence-corrected chi connectivity index (χ3v) is 3.59. The molecule has 0 fully saturated rings. The van der Waals surface area contributed by atoms with Crippen LogP contribution in [-0.2, 0) is 4.74 Å². The Hall–Kier alpha value is -0.570. The van der Waals surface area contributed by atoms with Crippen molar-refractivity contribution in [2.45, 2.75) is 26.2 Å². The maximum absolute atomic E-state index is 6.09. The first-order chi connectivity index (χ1) is 8.69. The van der Waals surface area contributed by atoms with E-state index in [1.165, 1.54) is 5.56 Å². The molecule has 2 atom stereocenters. The van der Waals surface area contributed by atoms with Gasteiger partial charge < -0.3 is 10.1 Å². The van der Waals surface area contributed by atoms with Crippen LogP contribution in [0.3, 0.4) is 0 Å². The zero-order valence-electron chi connectivity index (χ0n) is 11.6. The third-order valence-electron chi connectivity index (χ3n) is 3.36. The average molecular weight is 270 g/mol. The van der Waals surface area contributed by atoms with Gasteiger partial charge in [-0.05, 0) is 42.5 Å². The minimum absolute atomic E-state index is 0.485. The largest absolute Gasteiger partial charge is 0.385 e. The van der Waals surface area contributed by atoms with Gasteiger partial charge in [0.25, 0.3) is 0 Å². The summed E-state index contributed by atoms with van der Waals surface area (Å²) in [5, 5.41) is 4.25. The molecule has 18 heavy (non-hydrogen) atoms. The summed E-state index contributed by atoms with van der Waals surface area (Å²) < 4.78 is 5.18. The highest BCUT2D eigenvalue weighted by molar-refractivity contribution is 6.30. The van der Waals surface area contributed by atoms with Crippen molar-refractivity contribution < 1.29 is 4.74 Å². The number of ether oxygens (including phenoxy) is 1. The molecule has 1 rings (SSSR count). The van der Waals surface area contributed by atoms with Gasteiger partial charge in [0.15, 0.2) is 0 Å². The highest BCUT2D eigenvalue weighted by atomic mass is 35.5. The van der Waals surface area contributed by atoms with Crippen molar-refractivity contribution in [2.24, 2.45) is 5.92 Å². The van der Waals surface area contributed by atoms with Gasteiger partial charge in [0.05, 0.1) is 0 Å². The van der Waals surface area contributed by atoms with E-state index < -0.39 is 0 Å². The predicted octanol–water partition coefficient (Wildman–Crippen LogP) is 3.71. The van der Waals surface area contributed by atoms with Gasteiger partial charge in [-0.1, -0.05) is 37.6 Å². The van der Waals surface area contributed by atoms with Crippen molar-refractivity contribution in [3.8, 4) is 0 Å². The number of likely N-dealkylation sites (N-methyl/N-ethyl adjacent to an activating group) is 1. The fourth-order valence-corrected chi connectivity index (χ4v) is 2.39. The molecule has 2 nitrogen and oxygen atoms in total. The lowest BCUT2D eigenvalue weighted by Crippen LogP contribution is -2.26. The maximum Gasteiger partial charge on any atom is 0.0465 e. The van der Waals surface area contributed by atoms with Gasteiger partial charge in [0.1, 0.15) is 0 Å². The van der Waals surface area contributed by atoms with E-state index in [1.54, 1.807) is 7.11 Å². The van der Waals surface area contributed by atoms with Gasteiger partial charge in [-0.25, -0.2) is 0 Å². The molecule has 1 aromatic carbocycles. The summed E-state index contributed by atoms with van der Waals surface area (Å²) in [5.74, 6) is 1.06. The Bertz CT molecular complexity index is 343. The Balaban J connectivity index is 2.76. The molecule has 0 radical (unpaired) electrons. The van der Waals surface area contributed by atoms with Gasteiger partial charge >= 0.3 is 0 Å². The van der Waals surface area contributed by atoms with Crippen LogP contribution in [0.25, 0.3) is 0 Å². The molecule has 0 bridgehead atoms. The zero-order chi connectivity index (χ0) is 13.4. The van der Waals surface area contributed by atoms with Crippen molar-refractivity contribution in [3.05, 3.63) is 34.9 Å². The first kappa shape index (κ1) is 15.5. The number of halogens is 1. The van der Waals surface area contributed by atoms with Crippen LogP contribution < -0.4 is 5.32 Å². The fourth-order valence-electron chi connectivity index (χ4n) is 2.19. The molecule has 0 aromatic heterocycles. The first-order valence-corrected chi connectivity index (χ1v) is 7.02. The second kappa shape index (κ2) is 8.52. The number of benzene rings is 1. The van der Waals surface area contributed by atoms with E-state index in [0.717, 1.165) is 31.1 Å². The summed E-state index contributed by atoms with van der Waals surface area (Å²) in [6.07, 6.45) is 1.07. The predicted molar refractivity (Wildman–Crippen MR) is 78.4 cm³/mol. The lowest BCUT2D eigenvalue weighted by molar-refractivity contribution is 0.174. The molecule has 2 unspecified atom stereocenters. The standard InChI is InChI=1S/C15H24ClNO/c1-4-17-11-15(12(2)8-9-18-3)13-6-5-7-14(16)10-13/h5-7,10,12,15,17H,4,8-9,11H2,1-3H3. The van der Waals surface area contributed by atoms with Crippen LogP contribution in [0, 0.1) is 5.92 Å². The molecule has 0 aliphatic rings. The molecule has 1 N–H and O–H groups in total. The molecule has 0 amide bonds. The lowest BCUT2D eigenvalue weighted by Gasteiger charge is -2.25. The Morgan fingerprint density at radius 2 is 2.17 bits per heavy atom. The number of hydrogen-bond acceptors (Lipinski definition) is 2. The minimum atomic E-state index is 0.485. The number of hydrogen-bond donors (Lipinski definition) is 1. The summed E-state index contributed by atoms with van der Waals surface area (Å²) in [5.41, 5.74) is 1.31. The Labute approximate surface area is 116 Å². The maximum atomic E-state index is 6.09. The van der Waals surface area contributed by atoms with E-state index in [1.807, 2.05) is 12.1 Å². The highest BCUT2D eigenvalue weighted by Gasteiger charge is 2.18. The van der Waals surface area contributed by atoms with Gasteiger partial charge in [-0.15, -0.1) is 0 Å². The molecular formula is C15H24ClNO. The van der Waals surface area contributed by atoms with E-state index in [9.17, 15) is 0 Å². The molecule has 3 heteroatoms. The van der Waals surface area contributed by atoms with Crippen molar-refractivity contribution in [1.29, 1.82) is 0 Å². The Morgan fingerprint density at radius 1 is 1.39 bits per heavy atom. The summed E-state index contributed by atoms with van der Waals surface area (Å²) in [7, 11) is 1.76. The second-order valence-electron chi connectivity index (χ2n) is 4.73. The molecule has 0 spiro atoms. The Kier molecular flexibility index (Phi) is 7.33. The van der Waals surface area contributed by atoms with E-state index in [0.29, 0.717) is 11.8 Å². The van der Waals surface area contributed by atoms with Gasteiger partial charge in [0.2, 0.25) is 0 Å². The Morgan fingerprint density at radius 3 is 2.78 bits per heavy atom. The van der Waals surface area contributed by atoms with Crippen LogP contribution in [0.1, 0.15) is 31.7 Å². The molecule has 0 saturated heterocycles. The van der Waals surface area contributed by atoms with Crippen molar-refractivity contribution >= 4 is 11.6 Å². The van der Waals surface area contributed by atoms with Crippen LogP contribution in [-0.4, -0.2) is 26.8 Å². The molecule has 0 aliphatic heterocycles. The average Bonchev–Trinajstić information content (AvgIpc) is 2.37. The first-order valence-electron chi connectivity index (χ1n) is 6.64. The van der Waals surface area contributed by atoms with Gasteiger partial charge in [0, 0.05) is 25.3 Å². The van der Waals surface area contributed by atoms with Crippen molar-refractivity contribution in [1.82, 2.24) is 5.32 Å². The lowest BCUT2D eigenvalue weighted by atomic mass is 9.85. The molecule has 0 aliphatic carbocycles. The number of nitrogens with one attached hydrogen (secondary N) is 1. The topological polar surface area (TPSA) is 21.3 Å². The van der Waals surface area contributed by atoms with E-state index in [2.05, 4.69) is 31.3 Å². The monoisotopic (exact) mass is 269 g/mol. The van der Waals surface area contributed by atoms with Crippen LogP contribution in [0.5, 0.6) is 0 Å². The molecule has 0 heterocycles. The second-order valence-corrected chi connectivity index (χ2v) is 5.16. The molecular weight excluding hydrogens is 246 g/mol. The minimum Gasteiger partial charge on any atom is -0.385 e. The smallest absolute Gasteiger partial charge is 0.0465 e. The van der Waals surface area contributed by atoms with Crippen LogP contribution >= 0.6 is 11.6 Å². The summed E-state index contributed by atoms with van der Waals surface area (Å²) in [4.78, 5) is 0. The normalized spacial score (nSPS) is 14.4. The van der Waals surface area contributed by atoms with Crippen LogP contribution in [0.15, 0.2) is 24.3 Å². The quantitative estimate of drug-likeness (QED) is 0.777. The van der Waals surface area contributed by atoms with E-state index in [4.69, 9.17) is 16.3 Å². The molecule has 0 saturated carbocycles. The number of rotatable bonds is 8. The van der Waals surface area contributed by atoms with Crippen LogP contribution in [0.4, 0.5) is 0 Å². The SMILES string of the molecule is CCNCC(c1cccc(Cl)c1)C(C)CCOC. The number of methoxy groups -OCH3 is 1.